The lowest BCUT2D eigenvalue weighted by Crippen LogP contribution is -2.20. The molecule has 5 heteroatoms. The van der Waals surface area contributed by atoms with Gasteiger partial charge in [-0.15, -0.1) is 11.3 Å². The zero-order chi connectivity index (χ0) is 7.68. The Morgan fingerprint density at radius 2 is 2.64 bits per heavy atom. The summed E-state index contributed by atoms with van der Waals surface area (Å²) < 4.78 is 0. The lowest BCUT2D eigenvalue weighted by Gasteiger charge is -2.01. The normalized spacial score (nSPS) is 17.2. The van der Waals surface area contributed by atoms with Crippen molar-refractivity contribution in [2.45, 2.75) is 0 Å². The summed E-state index contributed by atoms with van der Waals surface area (Å²) in [5.41, 5.74) is 1.03. The molecule has 0 aromatic carbocycles. The number of nitrogens with zero attached hydrogens (tertiary/aromatic N) is 2. The van der Waals surface area contributed by atoms with Crippen LogP contribution >= 0.6 is 11.3 Å². The fourth-order valence-corrected chi connectivity index (χ4v) is 1.51. The Kier molecular flexibility index (Phi) is 1.61. The average molecular weight is 169 g/mol. The lowest BCUT2D eigenvalue weighted by molar-refractivity contribution is -0.0905. The molecule has 1 aliphatic rings. The largest absolute Gasteiger partial charge is 0.254 e. The molecular formula is C6H7N3OS. The Hall–Kier alpha value is -0.910. The van der Waals surface area contributed by atoms with Gasteiger partial charge < -0.3 is 0 Å². The molecule has 0 saturated carbocycles. The molecule has 0 spiro atoms. The van der Waals surface area contributed by atoms with E-state index in [1.807, 2.05) is 5.38 Å². The van der Waals surface area contributed by atoms with Crippen molar-refractivity contribution in [3.63, 3.8) is 0 Å². The maximum atomic E-state index is 5.34. The van der Waals surface area contributed by atoms with Crippen LogP contribution in [-0.4, -0.2) is 16.8 Å². The highest BCUT2D eigenvalue weighted by Gasteiger charge is 2.13. The zero-order valence-electron chi connectivity index (χ0n) is 5.73. The van der Waals surface area contributed by atoms with Crippen LogP contribution in [0.4, 0.5) is 0 Å². The van der Waals surface area contributed by atoms with Gasteiger partial charge >= 0.3 is 0 Å². The average Bonchev–Trinajstić information content (AvgIpc) is 2.55. The summed E-state index contributed by atoms with van der Waals surface area (Å²) in [5, 5.41) is 4.10. The van der Waals surface area contributed by atoms with Gasteiger partial charge in [0.25, 0.3) is 0 Å². The summed E-state index contributed by atoms with van der Waals surface area (Å²) in [6.45, 7) is 0.518. The number of hydrogen-bond donors (Lipinski definition) is 1. The maximum absolute atomic E-state index is 5.34. The van der Waals surface area contributed by atoms with Gasteiger partial charge in [0.2, 0.25) is 0 Å². The number of rotatable bonds is 1. The summed E-state index contributed by atoms with van der Waals surface area (Å²) in [5.74, 6) is 5.34. The van der Waals surface area contributed by atoms with E-state index in [0.29, 0.717) is 6.61 Å². The highest BCUT2D eigenvalue weighted by molar-refractivity contribution is 7.10. The van der Waals surface area contributed by atoms with Crippen molar-refractivity contribution in [1.82, 2.24) is 10.2 Å². The highest BCUT2D eigenvalue weighted by atomic mass is 32.1. The fourth-order valence-electron chi connectivity index (χ4n) is 0.871. The first kappa shape index (κ1) is 6.78. The second kappa shape index (κ2) is 2.61. The van der Waals surface area contributed by atoms with E-state index in [1.165, 1.54) is 5.17 Å². The summed E-state index contributed by atoms with van der Waals surface area (Å²) in [7, 11) is 0. The third-order valence-corrected chi connectivity index (χ3v) is 2.21. The first-order chi connectivity index (χ1) is 5.36. The predicted molar refractivity (Wildman–Crippen MR) is 42.1 cm³/mol. The number of hydrazine groups is 1. The van der Waals surface area contributed by atoms with Gasteiger partial charge in [-0.2, -0.15) is 5.17 Å². The number of hydroxylamine groups is 1. The maximum Gasteiger partial charge on any atom is 0.123 e. The molecule has 0 bridgehead atoms. The number of hydrogen-bond acceptors (Lipinski definition) is 5. The second-order valence-corrected chi connectivity index (χ2v) is 3.02. The molecule has 0 amide bonds. The molecule has 0 saturated heterocycles. The van der Waals surface area contributed by atoms with Crippen LogP contribution in [0.5, 0.6) is 0 Å². The summed E-state index contributed by atoms with van der Waals surface area (Å²) in [4.78, 5) is 9.10. The van der Waals surface area contributed by atoms with Crippen LogP contribution in [0, 0.1) is 0 Å². The monoisotopic (exact) mass is 169 g/mol. The Labute approximate surface area is 67.8 Å². The molecule has 1 aromatic heterocycles. The molecule has 1 aliphatic heterocycles. The van der Waals surface area contributed by atoms with Gasteiger partial charge in [-0.3, -0.25) is 4.84 Å². The fraction of sp³-hybridized carbons (Fsp3) is 0.167. The first-order valence-corrected chi connectivity index (χ1v) is 4.01. The van der Waals surface area contributed by atoms with Crippen LogP contribution in [-0.2, 0) is 4.84 Å². The molecule has 2 N–H and O–H groups in total. The Bertz CT molecular complexity index is 269. The number of nitrogens with two attached hydrogens (primary N) is 1. The van der Waals surface area contributed by atoms with Crippen molar-refractivity contribution >= 4 is 16.9 Å². The van der Waals surface area contributed by atoms with Gasteiger partial charge in [-0.1, -0.05) is 0 Å². The highest BCUT2D eigenvalue weighted by Crippen LogP contribution is 2.21. The van der Waals surface area contributed by atoms with Crippen LogP contribution in [0.2, 0.25) is 0 Å². The summed E-state index contributed by atoms with van der Waals surface area (Å²) in [6, 6.07) is 0. The van der Waals surface area contributed by atoms with E-state index in [1.54, 1.807) is 23.7 Å². The van der Waals surface area contributed by atoms with Crippen LogP contribution in [0.3, 0.4) is 0 Å². The van der Waals surface area contributed by atoms with Crippen LogP contribution in [0.15, 0.2) is 17.8 Å². The molecule has 0 aliphatic carbocycles. The standard InChI is InChI=1S/C6H7N3OS/c7-9-3-5(4-10-9)6-8-1-2-11-6/h1-3H,4,7H2. The van der Waals surface area contributed by atoms with Gasteiger partial charge in [-0.25, -0.2) is 10.8 Å². The number of thiazole rings is 1. The predicted octanol–water partition coefficient (Wildman–Crippen LogP) is 0.605. The Morgan fingerprint density at radius 1 is 1.73 bits per heavy atom. The molecule has 0 radical (unpaired) electrons. The van der Waals surface area contributed by atoms with Crippen LogP contribution in [0.25, 0.3) is 5.57 Å². The molecule has 0 atom stereocenters. The zero-order valence-corrected chi connectivity index (χ0v) is 6.54. The lowest BCUT2D eigenvalue weighted by atomic mass is 10.3. The summed E-state index contributed by atoms with van der Waals surface area (Å²) in [6.07, 6.45) is 3.50. The SMILES string of the molecule is NN1C=C(c2nccs2)CO1. The van der Waals surface area contributed by atoms with E-state index in [-0.39, 0.29) is 0 Å². The van der Waals surface area contributed by atoms with Crippen molar-refractivity contribution in [3.8, 4) is 0 Å². The van der Waals surface area contributed by atoms with E-state index < -0.39 is 0 Å². The third kappa shape index (κ3) is 1.25. The van der Waals surface area contributed by atoms with E-state index in [4.69, 9.17) is 10.7 Å². The molecule has 1 aromatic rings. The third-order valence-electron chi connectivity index (χ3n) is 1.36. The Morgan fingerprint density at radius 3 is 3.18 bits per heavy atom. The molecule has 2 heterocycles. The van der Waals surface area contributed by atoms with Gasteiger partial charge in [0, 0.05) is 17.2 Å². The van der Waals surface area contributed by atoms with Crippen LogP contribution < -0.4 is 5.84 Å². The minimum Gasteiger partial charge on any atom is -0.254 e. The minimum absolute atomic E-state index is 0.518. The Balaban J connectivity index is 2.25. The van der Waals surface area contributed by atoms with Crippen molar-refractivity contribution in [1.29, 1.82) is 0 Å². The van der Waals surface area contributed by atoms with E-state index in [2.05, 4.69) is 4.98 Å². The smallest absolute Gasteiger partial charge is 0.123 e. The van der Waals surface area contributed by atoms with Crippen molar-refractivity contribution in [2.24, 2.45) is 5.84 Å². The van der Waals surface area contributed by atoms with E-state index in [0.717, 1.165) is 10.6 Å². The molecule has 11 heavy (non-hydrogen) atoms. The van der Waals surface area contributed by atoms with E-state index in [9.17, 15) is 0 Å². The van der Waals surface area contributed by atoms with Gasteiger partial charge in [0.05, 0.1) is 6.20 Å². The summed E-state index contributed by atoms with van der Waals surface area (Å²) >= 11 is 1.58. The molecule has 4 nitrogen and oxygen atoms in total. The van der Waals surface area contributed by atoms with Gasteiger partial charge in [0.15, 0.2) is 0 Å². The quantitative estimate of drug-likeness (QED) is 0.626. The van der Waals surface area contributed by atoms with Gasteiger partial charge in [-0.05, 0) is 0 Å². The number of aromatic nitrogens is 1. The van der Waals surface area contributed by atoms with Crippen molar-refractivity contribution in [2.75, 3.05) is 6.61 Å². The molecule has 58 valence electrons. The minimum atomic E-state index is 0.518. The topological polar surface area (TPSA) is 51.4 Å². The van der Waals surface area contributed by atoms with Gasteiger partial charge in [0.1, 0.15) is 11.6 Å². The van der Waals surface area contributed by atoms with Crippen molar-refractivity contribution in [3.05, 3.63) is 22.8 Å². The van der Waals surface area contributed by atoms with Crippen LogP contribution in [0.1, 0.15) is 5.01 Å². The molecule has 0 unspecified atom stereocenters. The molecule has 0 fully saturated rings. The van der Waals surface area contributed by atoms with E-state index >= 15 is 0 Å². The molecular weight excluding hydrogens is 162 g/mol. The van der Waals surface area contributed by atoms with Crippen molar-refractivity contribution < 1.29 is 4.84 Å². The second-order valence-electron chi connectivity index (χ2n) is 2.12. The molecule has 2 rings (SSSR count). The first-order valence-electron chi connectivity index (χ1n) is 3.13.